The first kappa shape index (κ1) is 25.0. The molecule has 1 unspecified atom stereocenters. The summed E-state index contributed by atoms with van der Waals surface area (Å²) < 4.78 is 34.0. The highest BCUT2D eigenvalue weighted by molar-refractivity contribution is 5.89. The molecular weight excluding hydrogens is 466 g/mol. The van der Waals surface area contributed by atoms with Gasteiger partial charge in [-0.25, -0.2) is 18.6 Å². The lowest BCUT2D eigenvalue weighted by Crippen LogP contribution is -2.42. The molecule has 0 aliphatic rings. The molecule has 7 nitrogen and oxygen atoms in total. The van der Waals surface area contributed by atoms with E-state index in [1.165, 1.54) is 59.0 Å². The molecule has 0 saturated carbocycles. The van der Waals surface area contributed by atoms with E-state index in [0.717, 1.165) is 0 Å². The van der Waals surface area contributed by atoms with E-state index in [1.807, 2.05) is 6.92 Å². The molecule has 36 heavy (non-hydrogen) atoms. The van der Waals surface area contributed by atoms with Crippen molar-refractivity contribution < 1.29 is 18.3 Å². The number of fused-ring (bicyclic) bond motifs is 1. The molecule has 0 saturated heterocycles. The van der Waals surface area contributed by atoms with Crippen molar-refractivity contribution >= 4 is 22.6 Å². The molecule has 0 radical (unpaired) electrons. The summed E-state index contributed by atoms with van der Waals surface area (Å²) in [5.74, 6) is -0.603. The number of amides is 2. The fourth-order valence-corrected chi connectivity index (χ4v) is 4.11. The van der Waals surface area contributed by atoms with E-state index in [1.54, 1.807) is 30.3 Å². The van der Waals surface area contributed by atoms with Crippen molar-refractivity contribution in [3.05, 3.63) is 101 Å². The monoisotopic (exact) mass is 492 g/mol. The Bertz CT molecular complexity index is 1420. The third-order valence-electron chi connectivity index (χ3n) is 5.82. The molecule has 1 N–H and O–H groups in total. The number of rotatable bonds is 8. The number of anilines is 1. The van der Waals surface area contributed by atoms with Gasteiger partial charge in [0.2, 0.25) is 0 Å². The Morgan fingerprint density at radius 1 is 1.06 bits per heavy atom. The SMILES string of the molecule is CCC(c1nc2ccccc2c(=O)n1-c1ccc(F)cc1)N(CCOC)C(=O)Nc1cccc(F)c1. The number of benzene rings is 3. The lowest BCUT2D eigenvalue weighted by Gasteiger charge is -2.32. The van der Waals surface area contributed by atoms with E-state index in [0.29, 0.717) is 34.5 Å². The van der Waals surface area contributed by atoms with Gasteiger partial charge in [-0.3, -0.25) is 9.36 Å². The number of aromatic nitrogens is 2. The second kappa shape index (κ2) is 11.1. The number of methoxy groups -OCH3 is 1. The summed E-state index contributed by atoms with van der Waals surface area (Å²) in [5, 5.41) is 3.12. The Kier molecular flexibility index (Phi) is 7.70. The lowest BCUT2D eigenvalue weighted by molar-refractivity contribution is 0.131. The molecule has 3 aromatic carbocycles. The zero-order valence-corrected chi connectivity index (χ0v) is 19.9. The predicted octanol–water partition coefficient (Wildman–Crippen LogP) is 5.30. The molecule has 1 atom stereocenters. The van der Waals surface area contributed by atoms with Gasteiger partial charge in [0.05, 0.1) is 29.2 Å². The molecule has 9 heteroatoms. The Morgan fingerprint density at radius 2 is 1.81 bits per heavy atom. The topological polar surface area (TPSA) is 76.5 Å². The molecule has 0 bridgehead atoms. The molecule has 1 heterocycles. The second-order valence-electron chi connectivity index (χ2n) is 8.15. The van der Waals surface area contributed by atoms with Crippen LogP contribution in [0.4, 0.5) is 19.3 Å². The van der Waals surface area contributed by atoms with Gasteiger partial charge in [0.25, 0.3) is 5.56 Å². The van der Waals surface area contributed by atoms with Gasteiger partial charge >= 0.3 is 6.03 Å². The van der Waals surface area contributed by atoms with E-state index >= 15 is 0 Å². The summed E-state index contributed by atoms with van der Waals surface area (Å²) in [6.07, 6.45) is 0.409. The van der Waals surface area contributed by atoms with Crippen molar-refractivity contribution in [1.82, 2.24) is 14.5 Å². The maximum Gasteiger partial charge on any atom is 0.322 e. The van der Waals surface area contributed by atoms with E-state index in [2.05, 4.69) is 5.32 Å². The van der Waals surface area contributed by atoms with Crippen LogP contribution in [0.25, 0.3) is 16.6 Å². The minimum Gasteiger partial charge on any atom is -0.383 e. The van der Waals surface area contributed by atoms with Crippen LogP contribution in [0.15, 0.2) is 77.6 Å². The van der Waals surface area contributed by atoms with Crippen LogP contribution in [0.2, 0.25) is 0 Å². The largest absolute Gasteiger partial charge is 0.383 e. The first-order valence-corrected chi connectivity index (χ1v) is 11.5. The number of nitrogens with one attached hydrogen (secondary N) is 1. The van der Waals surface area contributed by atoms with Crippen LogP contribution >= 0.6 is 0 Å². The summed E-state index contributed by atoms with van der Waals surface area (Å²) in [5.41, 5.74) is 0.856. The smallest absolute Gasteiger partial charge is 0.322 e. The van der Waals surface area contributed by atoms with Crippen LogP contribution < -0.4 is 10.9 Å². The van der Waals surface area contributed by atoms with Crippen molar-refractivity contribution in [1.29, 1.82) is 0 Å². The summed E-state index contributed by atoms with van der Waals surface area (Å²) in [6, 6.07) is 16.9. The van der Waals surface area contributed by atoms with Crippen LogP contribution in [-0.2, 0) is 4.74 Å². The van der Waals surface area contributed by atoms with Gasteiger partial charge in [0, 0.05) is 19.3 Å². The normalized spacial score (nSPS) is 11.9. The maximum absolute atomic E-state index is 13.7. The lowest BCUT2D eigenvalue weighted by atomic mass is 10.1. The first-order valence-electron chi connectivity index (χ1n) is 11.5. The van der Waals surface area contributed by atoms with E-state index in [-0.39, 0.29) is 18.7 Å². The minimum atomic E-state index is -0.656. The Labute approximate surface area is 207 Å². The summed E-state index contributed by atoms with van der Waals surface area (Å²) in [7, 11) is 1.52. The van der Waals surface area contributed by atoms with Gasteiger partial charge in [-0.2, -0.15) is 0 Å². The van der Waals surface area contributed by atoms with Crippen molar-refractivity contribution in [2.45, 2.75) is 19.4 Å². The number of nitrogens with zero attached hydrogens (tertiary/aromatic N) is 3. The van der Waals surface area contributed by atoms with Crippen LogP contribution in [0.3, 0.4) is 0 Å². The van der Waals surface area contributed by atoms with Gasteiger partial charge in [-0.1, -0.05) is 25.1 Å². The number of para-hydroxylation sites is 1. The highest BCUT2D eigenvalue weighted by Gasteiger charge is 2.29. The highest BCUT2D eigenvalue weighted by atomic mass is 19.1. The summed E-state index contributed by atoms with van der Waals surface area (Å²) in [4.78, 5) is 33.3. The minimum absolute atomic E-state index is 0.183. The van der Waals surface area contributed by atoms with Crippen molar-refractivity contribution in [3.8, 4) is 5.69 Å². The molecule has 4 aromatic rings. The fraction of sp³-hybridized carbons (Fsp3) is 0.222. The molecule has 0 aliphatic carbocycles. The second-order valence-corrected chi connectivity index (χ2v) is 8.15. The summed E-state index contributed by atoms with van der Waals surface area (Å²) in [6.45, 7) is 2.28. The molecule has 0 fully saturated rings. The average Bonchev–Trinajstić information content (AvgIpc) is 2.87. The van der Waals surface area contributed by atoms with Crippen LogP contribution in [-0.4, -0.2) is 40.7 Å². The molecule has 1 aromatic heterocycles. The number of carbonyl (C=O) groups is 1. The molecule has 0 aliphatic heterocycles. The Morgan fingerprint density at radius 3 is 2.50 bits per heavy atom. The number of hydrogen-bond donors (Lipinski definition) is 1. The van der Waals surface area contributed by atoms with Crippen LogP contribution in [0.1, 0.15) is 25.2 Å². The van der Waals surface area contributed by atoms with Crippen molar-refractivity contribution in [3.63, 3.8) is 0 Å². The third kappa shape index (κ3) is 5.26. The predicted molar refractivity (Wildman–Crippen MR) is 134 cm³/mol. The third-order valence-corrected chi connectivity index (χ3v) is 5.82. The van der Waals surface area contributed by atoms with Crippen molar-refractivity contribution in [2.24, 2.45) is 0 Å². The van der Waals surface area contributed by atoms with E-state index in [4.69, 9.17) is 9.72 Å². The van der Waals surface area contributed by atoms with Gasteiger partial charge < -0.3 is 15.0 Å². The number of hydrogen-bond acceptors (Lipinski definition) is 4. The Balaban J connectivity index is 1.86. The number of urea groups is 1. The van der Waals surface area contributed by atoms with Crippen LogP contribution in [0.5, 0.6) is 0 Å². The number of carbonyl (C=O) groups excluding carboxylic acids is 1. The van der Waals surface area contributed by atoms with Gasteiger partial charge in [-0.15, -0.1) is 0 Å². The molecule has 0 spiro atoms. The average molecular weight is 493 g/mol. The molecule has 186 valence electrons. The first-order chi connectivity index (χ1) is 17.4. The van der Waals surface area contributed by atoms with Gasteiger partial charge in [-0.05, 0) is 61.0 Å². The van der Waals surface area contributed by atoms with Gasteiger partial charge in [0.1, 0.15) is 17.5 Å². The van der Waals surface area contributed by atoms with E-state index < -0.39 is 23.7 Å². The fourth-order valence-electron chi connectivity index (χ4n) is 4.11. The van der Waals surface area contributed by atoms with E-state index in [9.17, 15) is 18.4 Å². The number of halogens is 2. The summed E-state index contributed by atoms with van der Waals surface area (Å²) >= 11 is 0. The zero-order chi connectivity index (χ0) is 25.7. The van der Waals surface area contributed by atoms with Crippen molar-refractivity contribution in [2.75, 3.05) is 25.6 Å². The molecule has 4 rings (SSSR count). The van der Waals surface area contributed by atoms with Gasteiger partial charge in [0.15, 0.2) is 0 Å². The molecule has 2 amide bonds. The van der Waals surface area contributed by atoms with Crippen LogP contribution in [0, 0.1) is 11.6 Å². The Hall–Kier alpha value is -4.11. The standard InChI is InChI=1S/C27H26F2N4O3/c1-3-24(32(15-16-36-2)27(35)30-20-8-6-7-19(29)17-20)25-31-23-10-5-4-9-22(23)26(34)33(25)21-13-11-18(28)12-14-21/h4-14,17,24H,3,15-16H2,1-2H3,(H,30,35). The quantitative estimate of drug-likeness (QED) is 0.362. The highest BCUT2D eigenvalue weighted by Crippen LogP contribution is 2.27. The zero-order valence-electron chi connectivity index (χ0n) is 19.9. The molecular formula is C27H26F2N4O3. The number of ether oxygens (including phenoxy) is 1. The maximum atomic E-state index is 13.7.